The van der Waals surface area contributed by atoms with Gasteiger partial charge in [-0.05, 0) is 25.0 Å². The van der Waals surface area contributed by atoms with Crippen LogP contribution in [0.5, 0.6) is 0 Å². The molecular formula is C20H30O2. The summed E-state index contributed by atoms with van der Waals surface area (Å²) in [5.74, 6) is -0.226. The summed E-state index contributed by atoms with van der Waals surface area (Å²) in [4.78, 5) is 12.1. The van der Waals surface area contributed by atoms with Gasteiger partial charge in [-0.1, -0.05) is 69.7 Å². The SMILES string of the molecule is C=CCC(CCCCCCCCC)OC(=O)c1ccccc1. The normalized spacial score (nSPS) is 11.9. The Kier molecular flexibility index (Phi) is 10.1. The molecule has 0 fully saturated rings. The molecule has 1 aromatic rings. The number of ether oxygens (including phenoxy) is 1. The quantitative estimate of drug-likeness (QED) is 0.272. The van der Waals surface area contributed by atoms with E-state index in [0.717, 1.165) is 19.3 Å². The van der Waals surface area contributed by atoms with Gasteiger partial charge in [0.05, 0.1) is 5.56 Å². The first-order valence-corrected chi connectivity index (χ1v) is 8.64. The zero-order valence-electron chi connectivity index (χ0n) is 13.9. The average molecular weight is 302 g/mol. The van der Waals surface area contributed by atoms with Crippen LogP contribution in [0, 0.1) is 0 Å². The topological polar surface area (TPSA) is 26.3 Å². The fraction of sp³-hybridized carbons (Fsp3) is 0.550. The molecule has 2 heteroatoms. The molecule has 1 atom stereocenters. The van der Waals surface area contributed by atoms with E-state index >= 15 is 0 Å². The van der Waals surface area contributed by atoms with Gasteiger partial charge in [0.2, 0.25) is 0 Å². The molecule has 0 aliphatic carbocycles. The highest BCUT2D eigenvalue weighted by Gasteiger charge is 2.14. The zero-order chi connectivity index (χ0) is 16.0. The summed E-state index contributed by atoms with van der Waals surface area (Å²) in [5, 5.41) is 0. The van der Waals surface area contributed by atoms with E-state index in [-0.39, 0.29) is 12.1 Å². The van der Waals surface area contributed by atoms with Crippen LogP contribution >= 0.6 is 0 Å². The Hall–Kier alpha value is -1.57. The molecule has 0 radical (unpaired) electrons. The minimum absolute atomic E-state index is 0.0409. The second kappa shape index (κ2) is 12.0. The number of esters is 1. The van der Waals surface area contributed by atoms with Crippen molar-refractivity contribution < 1.29 is 9.53 Å². The third-order valence-electron chi connectivity index (χ3n) is 3.84. The first-order valence-electron chi connectivity index (χ1n) is 8.64. The van der Waals surface area contributed by atoms with E-state index in [1.807, 2.05) is 24.3 Å². The van der Waals surface area contributed by atoms with Crippen molar-refractivity contribution in [2.45, 2.75) is 70.8 Å². The minimum atomic E-state index is -0.226. The Bertz CT molecular complexity index is 411. The number of carbonyl (C=O) groups is 1. The molecule has 1 unspecified atom stereocenters. The lowest BCUT2D eigenvalue weighted by Gasteiger charge is -2.16. The molecule has 2 nitrogen and oxygen atoms in total. The van der Waals surface area contributed by atoms with Gasteiger partial charge in [-0.15, -0.1) is 6.58 Å². The Labute approximate surface area is 135 Å². The lowest BCUT2D eigenvalue weighted by Crippen LogP contribution is -2.17. The van der Waals surface area contributed by atoms with Crippen molar-refractivity contribution in [1.29, 1.82) is 0 Å². The van der Waals surface area contributed by atoms with E-state index in [2.05, 4.69) is 13.5 Å². The van der Waals surface area contributed by atoms with Crippen LogP contribution in [0.15, 0.2) is 43.0 Å². The molecule has 0 amide bonds. The second-order valence-electron chi connectivity index (χ2n) is 5.83. The monoisotopic (exact) mass is 302 g/mol. The van der Waals surface area contributed by atoms with Crippen LogP contribution in [0.3, 0.4) is 0 Å². The van der Waals surface area contributed by atoms with Crippen molar-refractivity contribution in [3.63, 3.8) is 0 Å². The van der Waals surface area contributed by atoms with Crippen molar-refractivity contribution in [1.82, 2.24) is 0 Å². The number of hydrogen-bond donors (Lipinski definition) is 0. The van der Waals surface area contributed by atoms with Crippen LogP contribution in [-0.4, -0.2) is 12.1 Å². The highest BCUT2D eigenvalue weighted by atomic mass is 16.5. The van der Waals surface area contributed by atoms with Crippen molar-refractivity contribution in [2.75, 3.05) is 0 Å². The summed E-state index contributed by atoms with van der Waals surface area (Å²) in [7, 11) is 0. The molecule has 0 N–H and O–H groups in total. The number of carbonyl (C=O) groups excluding carboxylic acids is 1. The molecule has 0 heterocycles. The highest BCUT2D eigenvalue weighted by molar-refractivity contribution is 5.89. The maximum Gasteiger partial charge on any atom is 0.338 e. The van der Waals surface area contributed by atoms with E-state index in [0.29, 0.717) is 5.56 Å². The minimum Gasteiger partial charge on any atom is -0.458 e. The molecule has 0 saturated carbocycles. The summed E-state index contributed by atoms with van der Waals surface area (Å²) in [6, 6.07) is 9.20. The summed E-state index contributed by atoms with van der Waals surface area (Å²) >= 11 is 0. The van der Waals surface area contributed by atoms with E-state index < -0.39 is 0 Å². The van der Waals surface area contributed by atoms with Crippen LogP contribution in [0.25, 0.3) is 0 Å². The molecule has 0 aliphatic heterocycles. The number of benzene rings is 1. The third-order valence-corrected chi connectivity index (χ3v) is 3.84. The van der Waals surface area contributed by atoms with Crippen LogP contribution in [0.4, 0.5) is 0 Å². The van der Waals surface area contributed by atoms with Crippen molar-refractivity contribution >= 4 is 5.97 Å². The summed E-state index contributed by atoms with van der Waals surface area (Å²) in [5.41, 5.74) is 0.621. The summed E-state index contributed by atoms with van der Waals surface area (Å²) < 4.78 is 5.61. The molecule has 0 saturated heterocycles. The smallest absolute Gasteiger partial charge is 0.338 e. The van der Waals surface area contributed by atoms with Gasteiger partial charge >= 0.3 is 5.97 Å². The Morgan fingerprint density at radius 3 is 2.36 bits per heavy atom. The first kappa shape index (κ1) is 18.5. The molecule has 122 valence electrons. The van der Waals surface area contributed by atoms with Crippen LogP contribution < -0.4 is 0 Å². The maximum absolute atomic E-state index is 12.1. The van der Waals surface area contributed by atoms with Crippen molar-refractivity contribution in [3.8, 4) is 0 Å². The number of hydrogen-bond acceptors (Lipinski definition) is 2. The lowest BCUT2D eigenvalue weighted by molar-refractivity contribution is 0.0283. The van der Waals surface area contributed by atoms with Crippen LogP contribution in [0.2, 0.25) is 0 Å². The third kappa shape index (κ3) is 8.02. The number of rotatable bonds is 12. The molecule has 0 aliphatic rings. The van der Waals surface area contributed by atoms with E-state index in [4.69, 9.17) is 4.74 Å². The van der Waals surface area contributed by atoms with Crippen LogP contribution in [0.1, 0.15) is 75.1 Å². The van der Waals surface area contributed by atoms with E-state index in [9.17, 15) is 4.79 Å². The zero-order valence-corrected chi connectivity index (χ0v) is 13.9. The fourth-order valence-corrected chi connectivity index (χ4v) is 2.53. The van der Waals surface area contributed by atoms with Crippen LogP contribution in [-0.2, 0) is 4.74 Å². The Morgan fingerprint density at radius 2 is 1.73 bits per heavy atom. The van der Waals surface area contributed by atoms with Gasteiger partial charge in [-0.25, -0.2) is 4.79 Å². The predicted molar refractivity (Wildman–Crippen MR) is 93.1 cm³/mol. The van der Waals surface area contributed by atoms with Gasteiger partial charge in [-0.3, -0.25) is 0 Å². The molecule has 0 bridgehead atoms. The largest absolute Gasteiger partial charge is 0.458 e. The van der Waals surface area contributed by atoms with Gasteiger partial charge in [0.15, 0.2) is 0 Å². The van der Waals surface area contributed by atoms with Gasteiger partial charge in [-0.2, -0.15) is 0 Å². The fourth-order valence-electron chi connectivity index (χ4n) is 2.53. The molecule has 1 rings (SSSR count). The second-order valence-corrected chi connectivity index (χ2v) is 5.83. The molecule has 0 spiro atoms. The maximum atomic E-state index is 12.1. The summed E-state index contributed by atoms with van der Waals surface area (Å²) in [6.07, 6.45) is 12.4. The number of unbranched alkanes of at least 4 members (excludes halogenated alkanes) is 6. The van der Waals surface area contributed by atoms with Gasteiger partial charge < -0.3 is 4.74 Å². The van der Waals surface area contributed by atoms with Crippen molar-refractivity contribution in [2.24, 2.45) is 0 Å². The average Bonchev–Trinajstić information content (AvgIpc) is 2.55. The van der Waals surface area contributed by atoms with E-state index in [1.165, 1.54) is 38.5 Å². The Balaban J connectivity index is 2.27. The van der Waals surface area contributed by atoms with Gasteiger partial charge in [0.25, 0.3) is 0 Å². The summed E-state index contributed by atoms with van der Waals surface area (Å²) in [6.45, 7) is 6.00. The molecular weight excluding hydrogens is 272 g/mol. The predicted octanol–water partition coefficient (Wildman–Crippen LogP) is 5.93. The van der Waals surface area contributed by atoms with Gasteiger partial charge in [0.1, 0.15) is 6.10 Å². The van der Waals surface area contributed by atoms with Crippen molar-refractivity contribution in [3.05, 3.63) is 48.6 Å². The molecule has 0 aromatic heterocycles. The molecule has 22 heavy (non-hydrogen) atoms. The van der Waals surface area contributed by atoms with Gasteiger partial charge in [0, 0.05) is 6.42 Å². The molecule has 1 aromatic carbocycles. The Morgan fingerprint density at radius 1 is 1.09 bits per heavy atom. The highest BCUT2D eigenvalue weighted by Crippen LogP contribution is 2.15. The standard InChI is InChI=1S/C20H30O2/c1-3-5-6-7-8-9-13-17-19(14-4-2)22-20(21)18-15-11-10-12-16-18/h4,10-12,15-16,19H,2-3,5-9,13-14,17H2,1H3. The first-order chi connectivity index (χ1) is 10.8. The lowest BCUT2D eigenvalue weighted by atomic mass is 10.0. The van der Waals surface area contributed by atoms with E-state index in [1.54, 1.807) is 12.1 Å².